The average molecular weight is 566 g/mol. The number of benzene rings is 1. The highest BCUT2D eigenvalue weighted by atomic mass is 35.5. The van der Waals surface area contributed by atoms with E-state index in [-0.39, 0.29) is 10.9 Å². The molecule has 0 amide bonds. The van der Waals surface area contributed by atoms with Gasteiger partial charge in [0.2, 0.25) is 5.28 Å². The van der Waals surface area contributed by atoms with Crippen LogP contribution in [0.25, 0.3) is 11.0 Å². The molecule has 2 aromatic heterocycles. The van der Waals surface area contributed by atoms with E-state index in [4.69, 9.17) is 30.6 Å². The van der Waals surface area contributed by atoms with Gasteiger partial charge in [-0.25, -0.2) is 4.68 Å². The van der Waals surface area contributed by atoms with E-state index in [9.17, 15) is 24.2 Å². The molecular weight excluding hydrogens is 540 g/mol. The van der Waals surface area contributed by atoms with Crippen molar-refractivity contribution in [2.45, 2.75) is 25.0 Å². The maximum absolute atomic E-state index is 11.9. The Morgan fingerprint density at radius 1 is 1.14 bits per heavy atom. The fourth-order valence-electron chi connectivity index (χ4n) is 3.41. The van der Waals surface area contributed by atoms with Gasteiger partial charge in [-0.05, 0) is 17.2 Å². The molecule has 0 bridgehead atoms. The predicted molar refractivity (Wildman–Crippen MR) is 130 cm³/mol. The van der Waals surface area contributed by atoms with E-state index in [0.29, 0.717) is 17.7 Å². The minimum atomic E-state index is -4.84. The Morgan fingerprint density at radius 3 is 2.42 bits per heavy atom. The lowest BCUT2D eigenvalue weighted by Gasteiger charge is -2.26. The van der Waals surface area contributed by atoms with E-state index in [1.807, 2.05) is 35.2 Å². The molecule has 0 aliphatic rings. The zero-order chi connectivity index (χ0) is 26.7. The van der Waals surface area contributed by atoms with Crippen LogP contribution < -0.4 is 4.90 Å². The highest BCUT2D eigenvalue weighted by molar-refractivity contribution is 7.70. The van der Waals surface area contributed by atoms with E-state index in [2.05, 4.69) is 15.1 Å². The zero-order valence-electron chi connectivity index (χ0n) is 19.2. The van der Waals surface area contributed by atoms with Gasteiger partial charge in [0.1, 0.15) is 18.0 Å². The highest BCUT2D eigenvalue weighted by Crippen LogP contribution is 2.55. The number of rotatable bonds is 12. The summed E-state index contributed by atoms with van der Waals surface area (Å²) in [6.45, 7) is -0.277. The molecule has 1 unspecified atom stereocenters. The fourth-order valence-corrected chi connectivity index (χ4v) is 6.14. The van der Waals surface area contributed by atoms with Crippen molar-refractivity contribution in [2.24, 2.45) is 0 Å². The number of fused-ring (bicyclic) bond motifs is 1. The molecule has 0 saturated heterocycles. The molecule has 2 heterocycles. The van der Waals surface area contributed by atoms with E-state index < -0.39 is 46.1 Å². The molecule has 3 aromatic rings. The molecule has 0 radical (unpaired) electrons. The third-order valence-electron chi connectivity index (χ3n) is 5.07. The summed E-state index contributed by atoms with van der Waals surface area (Å²) >= 11 is 6.13. The summed E-state index contributed by atoms with van der Waals surface area (Å²) in [5, 5.41) is 25.8. The number of methoxy groups -OCH3 is 1. The van der Waals surface area contributed by atoms with Crippen LogP contribution in [0.5, 0.6) is 0 Å². The normalized spacial score (nSPS) is 16.4. The molecule has 14 nitrogen and oxygen atoms in total. The van der Waals surface area contributed by atoms with Crippen LogP contribution in [0, 0.1) is 0 Å². The van der Waals surface area contributed by atoms with Gasteiger partial charge in [0, 0.05) is 20.7 Å². The minimum Gasteiger partial charge on any atom is -0.386 e. The minimum absolute atomic E-state index is 0.0987. The van der Waals surface area contributed by atoms with Crippen LogP contribution in [0.2, 0.25) is 5.28 Å². The van der Waals surface area contributed by atoms with Crippen LogP contribution in [0.3, 0.4) is 0 Å². The Kier molecular flexibility index (Phi) is 9.23. The fraction of sp³-hybridized carbons (Fsp3) is 0.421. The Balaban J connectivity index is 1.82. The van der Waals surface area contributed by atoms with Crippen LogP contribution in [0.1, 0.15) is 11.8 Å². The second kappa shape index (κ2) is 11.6. The molecule has 0 saturated carbocycles. The van der Waals surface area contributed by atoms with Gasteiger partial charge in [-0.3, -0.25) is 9.13 Å². The van der Waals surface area contributed by atoms with Gasteiger partial charge in [-0.2, -0.15) is 15.1 Å². The lowest BCUT2D eigenvalue weighted by Crippen LogP contribution is -2.39. The molecule has 17 heteroatoms. The second-order valence-electron chi connectivity index (χ2n) is 7.90. The average Bonchev–Trinajstić information content (AvgIpc) is 3.20. The summed E-state index contributed by atoms with van der Waals surface area (Å²) in [4.78, 5) is 37.6. The van der Waals surface area contributed by atoms with Crippen molar-refractivity contribution >= 4 is 43.6 Å². The van der Waals surface area contributed by atoms with Gasteiger partial charge in [-0.1, -0.05) is 30.3 Å². The smallest absolute Gasteiger partial charge is 0.340 e. The summed E-state index contributed by atoms with van der Waals surface area (Å²) in [6.07, 6.45) is -3.52. The van der Waals surface area contributed by atoms with E-state index in [1.54, 1.807) is 7.05 Å². The van der Waals surface area contributed by atoms with Gasteiger partial charge in [0.05, 0.1) is 18.2 Å². The number of aliphatic hydroxyl groups is 2. The summed E-state index contributed by atoms with van der Waals surface area (Å²) in [5.41, 5.74) is 1.11. The summed E-state index contributed by atoms with van der Waals surface area (Å²) in [7, 11) is -6.61. The largest absolute Gasteiger partial charge is 0.386 e. The first-order chi connectivity index (χ1) is 16.8. The maximum Gasteiger partial charge on any atom is 0.340 e. The maximum atomic E-state index is 11.9. The van der Waals surface area contributed by atoms with Gasteiger partial charge < -0.3 is 39.1 Å². The standard InChI is InChI=1S/C19H26ClN5O9P2/c1-24(9-12-6-4-3-5-7-12)16-13-8-21-25(17(13)23-19(20)22-16)18(27)15(26)14(33-2)10-34-36(31,32)11-35(28,29)30/h3-8,14-15,18,26-27H,9-11H2,1-2H3,(H,31,32)(H2,28,29,30)/t14-,15-,18-/m1/s1. The van der Waals surface area contributed by atoms with Gasteiger partial charge in [0.15, 0.2) is 17.8 Å². The lowest BCUT2D eigenvalue weighted by atomic mass is 10.2. The molecule has 0 aliphatic carbocycles. The number of hydrogen-bond acceptors (Lipinski definition) is 10. The number of aromatic nitrogens is 4. The third-order valence-corrected chi connectivity index (χ3v) is 8.70. The summed E-state index contributed by atoms with van der Waals surface area (Å²) in [5.74, 6) is -0.986. The van der Waals surface area contributed by atoms with Crippen LogP contribution in [0.15, 0.2) is 36.5 Å². The van der Waals surface area contributed by atoms with Crippen molar-refractivity contribution in [3.05, 3.63) is 47.4 Å². The van der Waals surface area contributed by atoms with Crippen molar-refractivity contribution in [1.82, 2.24) is 19.7 Å². The second-order valence-corrected chi connectivity index (χ2v) is 12.2. The number of hydrogen-bond donors (Lipinski definition) is 5. The molecule has 5 N–H and O–H groups in total. The molecule has 0 aliphatic heterocycles. The number of anilines is 1. The summed E-state index contributed by atoms with van der Waals surface area (Å²) < 4.78 is 33.6. The monoisotopic (exact) mass is 565 g/mol. The molecular formula is C19H26ClN5O9P2. The molecule has 198 valence electrons. The first-order valence-electron chi connectivity index (χ1n) is 10.4. The lowest BCUT2D eigenvalue weighted by molar-refractivity contribution is -0.117. The van der Waals surface area contributed by atoms with Crippen molar-refractivity contribution < 1.29 is 43.3 Å². The van der Waals surface area contributed by atoms with Crippen LogP contribution >= 0.6 is 26.8 Å². The van der Waals surface area contributed by atoms with Crippen molar-refractivity contribution in [2.75, 3.05) is 31.6 Å². The van der Waals surface area contributed by atoms with E-state index in [1.165, 1.54) is 6.20 Å². The Hall–Kier alpha value is -1.96. The van der Waals surface area contributed by atoms with Crippen LogP contribution in [-0.2, 0) is 24.9 Å². The van der Waals surface area contributed by atoms with Crippen molar-refractivity contribution in [3.8, 4) is 0 Å². The first kappa shape index (κ1) is 28.6. The van der Waals surface area contributed by atoms with Crippen LogP contribution in [0.4, 0.5) is 5.82 Å². The molecule has 0 fully saturated rings. The van der Waals surface area contributed by atoms with Gasteiger partial charge in [0.25, 0.3) is 0 Å². The molecule has 4 atom stereocenters. The van der Waals surface area contributed by atoms with Crippen molar-refractivity contribution in [1.29, 1.82) is 0 Å². The molecule has 3 rings (SSSR count). The van der Waals surface area contributed by atoms with E-state index >= 15 is 0 Å². The first-order valence-corrected chi connectivity index (χ1v) is 14.3. The van der Waals surface area contributed by atoms with Crippen molar-refractivity contribution in [3.63, 3.8) is 0 Å². The number of ether oxygens (including phenoxy) is 1. The quantitative estimate of drug-likeness (QED) is 0.156. The zero-order valence-corrected chi connectivity index (χ0v) is 21.7. The van der Waals surface area contributed by atoms with E-state index in [0.717, 1.165) is 17.4 Å². The van der Waals surface area contributed by atoms with Gasteiger partial charge >= 0.3 is 15.2 Å². The Labute approximate surface area is 210 Å². The topological polar surface area (TPSA) is 201 Å². The summed E-state index contributed by atoms with van der Waals surface area (Å²) in [6, 6.07) is 9.59. The highest BCUT2D eigenvalue weighted by Gasteiger charge is 2.35. The number of nitrogens with zero attached hydrogens (tertiary/aromatic N) is 5. The molecule has 36 heavy (non-hydrogen) atoms. The SMILES string of the molecule is CO[C@H](COP(=O)(O)CP(=O)(O)O)[C@@H](O)[C@@H](O)n1ncc2c(N(C)Cc3ccccc3)nc(Cl)nc21. The molecule has 1 aromatic carbocycles. The van der Waals surface area contributed by atoms with Gasteiger partial charge in [-0.15, -0.1) is 0 Å². The third kappa shape index (κ3) is 7.30. The number of halogens is 1. The Bertz CT molecular complexity index is 1270. The number of aliphatic hydroxyl groups excluding tert-OH is 2. The molecule has 0 spiro atoms. The Morgan fingerprint density at radius 2 is 1.81 bits per heavy atom. The van der Waals surface area contributed by atoms with Crippen LogP contribution in [-0.4, -0.2) is 83.5 Å². The predicted octanol–water partition coefficient (Wildman–Crippen LogP) is 1.32.